The summed E-state index contributed by atoms with van der Waals surface area (Å²) in [6, 6.07) is 2.55. The zero-order valence-corrected chi connectivity index (χ0v) is 11.9. The summed E-state index contributed by atoms with van der Waals surface area (Å²) in [5, 5.41) is 10.4. The average molecular weight is 287 g/mol. The second-order valence-electron chi connectivity index (χ2n) is 5.11. The average Bonchev–Trinajstić information content (AvgIpc) is 2.96. The van der Waals surface area contributed by atoms with Crippen LogP contribution >= 0.6 is 23.7 Å². The highest BCUT2D eigenvalue weighted by Crippen LogP contribution is 2.33. The van der Waals surface area contributed by atoms with Gasteiger partial charge in [-0.3, -0.25) is 4.79 Å². The molecule has 0 aromatic carbocycles. The molecular formula is C13H19ClN2OS. The van der Waals surface area contributed by atoms with E-state index in [-0.39, 0.29) is 24.4 Å². The summed E-state index contributed by atoms with van der Waals surface area (Å²) in [5.41, 5.74) is 0.927. The van der Waals surface area contributed by atoms with Crippen LogP contribution in [0.3, 0.4) is 0 Å². The van der Waals surface area contributed by atoms with Gasteiger partial charge in [0.15, 0.2) is 0 Å². The summed E-state index contributed by atoms with van der Waals surface area (Å²) in [6.07, 6.45) is 6.20. The number of thiophene rings is 1. The number of hydrogen-bond donors (Lipinski definition) is 2. The van der Waals surface area contributed by atoms with Gasteiger partial charge in [-0.15, -0.1) is 12.4 Å². The van der Waals surface area contributed by atoms with Crippen LogP contribution in [0.4, 0.5) is 5.69 Å². The Labute approximate surface area is 118 Å². The van der Waals surface area contributed by atoms with Crippen molar-refractivity contribution in [2.45, 2.75) is 44.2 Å². The van der Waals surface area contributed by atoms with Crippen molar-refractivity contribution in [2.24, 2.45) is 5.92 Å². The van der Waals surface area contributed by atoms with Crippen LogP contribution in [-0.4, -0.2) is 18.0 Å². The van der Waals surface area contributed by atoms with Crippen molar-refractivity contribution in [3.05, 3.63) is 16.8 Å². The van der Waals surface area contributed by atoms with Gasteiger partial charge in [0, 0.05) is 11.4 Å². The Balaban J connectivity index is 0.00000120. The van der Waals surface area contributed by atoms with Gasteiger partial charge in [0.05, 0.1) is 11.7 Å². The van der Waals surface area contributed by atoms with E-state index in [1.54, 1.807) is 11.3 Å². The van der Waals surface area contributed by atoms with Crippen LogP contribution in [0.2, 0.25) is 0 Å². The molecule has 2 aliphatic rings. The van der Waals surface area contributed by atoms with E-state index in [0.29, 0.717) is 6.04 Å². The monoisotopic (exact) mass is 286 g/mol. The maximum Gasteiger partial charge on any atom is 0.241 e. The van der Waals surface area contributed by atoms with Crippen molar-refractivity contribution >= 4 is 35.3 Å². The highest BCUT2D eigenvalue weighted by Gasteiger charge is 2.38. The first-order valence-corrected chi connectivity index (χ1v) is 7.36. The van der Waals surface area contributed by atoms with Gasteiger partial charge < -0.3 is 10.6 Å². The first-order valence-electron chi connectivity index (χ1n) is 6.42. The highest BCUT2D eigenvalue weighted by molar-refractivity contribution is 7.08. The molecule has 0 radical (unpaired) electrons. The molecule has 1 amide bonds. The molecule has 1 saturated carbocycles. The van der Waals surface area contributed by atoms with E-state index in [0.717, 1.165) is 18.0 Å². The lowest BCUT2D eigenvalue weighted by atomic mass is 9.85. The zero-order valence-electron chi connectivity index (χ0n) is 10.2. The molecule has 2 fully saturated rings. The number of carbonyl (C=O) groups excluding carboxylic acids is 1. The molecule has 18 heavy (non-hydrogen) atoms. The molecule has 3 nitrogen and oxygen atoms in total. The number of nitrogens with one attached hydrogen (secondary N) is 2. The van der Waals surface area contributed by atoms with Gasteiger partial charge in [0.1, 0.15) is 0 Å². The van der Waals surface area contributed by atoms with Gasteiger partial charge >= 0.3 is 0 Å². The molecule has 3 atom stereocenters. The molecular weight excluding hydrogens is 268 g/mol. The SMILES string of the molecule is Cl.O=C(Nc1ccsc1)C1CC2CCCCC2N1. The lowest BCUT2D eigenvalue weighted by Gasteiger charge is -2.24. The van der Waals surface area contributed by atoms with Crippen LogP contribution in [0, 0.1) is 5.92 Å². The number of hydrogen-bond acceptors (Lipinski definition) is 3. The molecule has 1 aliphatic heterocycles. The number of amides is 1. The van der Waals surface area contributed by atoms with Crippen LogP contribution < -0.4 is 10.6 Å². The number of carbonyl (C=O) groups is 1. The third kappa shape index (κ3) is 2.87. The van der Waals surface area contributed by atoms with Crippen LogP contribution in [0.25, 0.3) is 0 Å². The molecule has 1 aromatic rings. The molecule has 100 valence electrons. The zero-order chi connectivity index (χ0) is 11.7. The van der Waals surface area contributed by atoms with E-state index in [2.05, 4.69) is 10.6 Å². The predicted octanol–water partition coefficient (Wildman–Crippen LogP) is 3.03. The predicted molar refractivity (Wildman–Crippen MR) is 77.5 cm³/mol. The number of anilines is 1. The lowest BCUT2D eigenvalue weighted by Crippen LogP contribution is -2.39. The largest absolute Gasteiger partial charge is 0.324 e. The molecule has 1 aliphatic carbocycles. The molecule has 0 spiro atoms. The van der Waals surface area contributed by atoms with Crippen LogP contribution in [0.15, 0.2) is 16.8 Å². The minimum atomic E-state index is 0. The summed E-state index contributed by atoms with van der Waals surface area (Å²) >= 11 is 1.61. The van der Waals surface area contributed by atoms with Crippen molar-refractivity contribution in [3.63, 3.8) is 0 Å². The maximum atomic E-state index is 12.1. The summed E-state index contributed by atoms with van der Waals surface area (Å²) in [6.45, 7) is 0. The molecule has 3 unspecified atom stereocenters. The second kappa shape index (κ2) is 6.04. The number of halogens is 1. The van der Waals surface area contributed by atoms with Crippen molar-refractivity contribution in [2.75, 3.05) is 5.32 Å². The van der Waals surface area contributed by atoms with Crippen molar-refractivity contribution in [1.29, 1.82) is 0 Å². The molecule has 2 heterocycles. The van der Waals surface area contributed by atoms with Gasteiger partial charge in [0.25, 0.3) is 0 Å². The van der Waals surface area contributed by atoms with Crippen molar-refractivity contribution in [1.82, 2.24) is 5.32 Å². The fourth-order valence-electron chi connectivity index (χ4n) is 3.09. The lowest BCUT2D eigenvalue weighted by molar-refractivity contribution is -0.117. The highest BCUT2D eigenvalue weighted by atomic mass is 35.5. The Morgan fingerprint density at radius 3 is 2.94 bits per heavy atom. The Bertz CT molecular complexity index is 382. The summed E-state index contributed by atoms with van der Waals surface area (Å²) in [7, 11) is 0. The van der Waals surface area contributed by atoms with E-state index in [9.17, 15) is 4.79 Å². The summed E-state index contributed by atoms with van der Waals surface area (Å²) < 4.78 is 0. The smallest absolute Gasteiger partial charge is 0.241 e. The van der Waals surface area contributed by atoms with Crippen LogP contribution in [0.5, 0.6) is 0 Å². The summed E-state index contributed by atoms with van der Waals surface area (Å²) in [4.78, 5) is 12.1. The fourth-order valence-corrected chi connectivity index (χ4v) is 3.67. The van der Waals surface area contributed by atoms with Gasteiger partial charge in [-0.25, -0.2) is 0 Å². The van der Waals surface area contributed by atoms with Crippen LogP contribution in [0.1, 0.15) is 32.1 Å². The minimum Gasteiger partial charge on any atom is -0.324 e. The van der Waals surface area contributed by atoms with E-state index in [1.807, 2.05) is 16.8 Å². The third-order valence-electron chi connectivity index (χ3n) is 3.97. The Kier molecular flexibility index (Phi) is 4.65. The van der Waals surface area contributed by atoms with Gasteiger partial charge in [-0.1, -0.05) is 12.8 Å². The van der Waals surface area contributed by atoms with Crippen molar-refractivity contribution in [3.8, 4) is 0 Å². The first kappa shape index (κ1) is 13.8. The van der Waals surface area contributed by atoms with Crippen LogP contribution in [-0.2, 0) is 4.79 Å². The molecule has 0 bridgehead atoms. The molecule has 5 heteroatoms. The van der Waals surface area contributed by atoms with E-state index in [1.165, 1.54) is 25.7 Å². The number of rotatable bonds is 2. The third-order valence-corrected chi connectivity index (χ3v) is 4.65. The van der Waals surface area contributed by atoms with Gasteiger partial charge in [-0.05, 0) is 36.6 Å². The minimum absolute atomic E-state index is 0. The topological polar surface area (TPSA) is 41.1 Å². The summed E-state index contributed by atoms with van der Waals surface area (Å²) in [5.74, 6) is 0.861. The number of fused-ring (bicyclic) bond motifs is 1. The second-order valence-corrected chi connectivity index (χ2v) is 5.89. The standard InChI is InChI=1S/C13H18N2OS.ClH/c16-13(14-10-5-6-17-8-10)12-7-9-3-1-2-4-11(9)15-12;/h5-6,8-9,11-12,15H,1-4,7H2,(H,14,16);1H. The van der Waals surface area contributed by atoms with Gasteiger partial charge in [0.2, 0.25) is 5.91 Å². The normalized spacial score (nSPS) is 30.3. The molecule has 2 N–H and O–H groups in total. The first-order chi connectivity index (χ1) is 8.33. The fraction of sp³-hybridized carbons (Fsp3) is 0.615. The molecule has 1 saturated heterocycles. The van der Waals surface area contributed by atoms with Gasteiger partial charge in [-0.2, -0.15) is 11.3 Å². The van der Waals surface area contributed by atoms with E-state index in [4.69, 9.17) is 0 Å². The molecule has 3 rings (SSSR count). The quantitative estimate of drug-likeness (QED) is 0.877. The van der Waals surface area contributed by atoms with E-state index >= 15 is 0 Å². The maximum absolute atomic E-state index is 12.1. The molecule has 1 aromatic heterocycles. The Hall–Kier alpha value is -0.580. The Morgan fingerprint density at radius 2 is 2.22 bits per heavy atom. The van der Waals surface area contributed by atoms with Crippen molar-refractivity contribution < 1.29 is 4.79 Å². The van der Waals surface area contributed by atoms with E-state index < -0.39 is 0 Å². The Morgan fingerprint density at radius 1 is 1.39 bits per heavy atom.